The van der Waals surface area contributed by atoms with Crippen molar-refractivity contribution < 1.29 is 32.6 Å². The lowest BCUT2D eigenvalue weighted by atomic mass is 9.86. The number of hydrogen-bond acceptors (Lipinski definition) is 3. The molecule has 1 atom stereocenters. The Morgan fingerprint density at radius 2 is 1.77 bits per heavy atom. The minimum atomic E-state index is -4.92. The van der Waals surface area contributed by atoms with Crippen molar-refractivity contribution >= 4 is 11.9 Å². The average Bonchev–Trinajstić information content (AvgIpc) is 2.99. The van der Waals surface area contributed by atoms with Crippen LogP contribution in [0.15, 0.2) is 24.3 Å². The molecule has 1 fully saturated rings. The summed E-state index contributed by atoms with van der Waals surface area (Å²) in [5.74, 6) is -2.21. The van der Waals surface area contributed by atoms with E-state index in [-0.39, 0.29) is 12.0 Å². The predicted octanol–water partition coefficient (Wildman–Crippen LogP) is 3.23. The lowest BCUT2D eigenvalue weighted by molar-refractivity contribution is -0.227. The summed E-state index contributed by atoms with van der Waals surface area (Å²) in [5.41, 5.74) is -1.87. The van der Waals surface area contributed by atoms with E-state index in [0.29, 0.717) is 5.75 Å². The lowest BCUT2D eigenvalue weighted by Crippen LogP contribution is -2.48. The molecule has 144 valence electrons. The van der Waals surface area contributed by atoms with Crippen LogP contribution in [0.1, 0.15) is 32.8 Å². The van der Waals surface area contributed by atoms with Crippen molar-refractivity contribution in [3.05, 3.63) is 29.8 Å². The largest absolute Gasteiger partial charge is 0.484 e. The topological polar surface area (TPSA) is 66.8 Å². The van der Waals surface area contributed by atoms with Gasteiger partial charge in [0.25, 0.3) is 5.91 Å². The van der Waals surface area contributed by atoms with Crippen LogP contribution in [0.5, 0.6) is 5.75 Å². The fourth-order valence-corrected chi connectivity index (χ4v) is 2.84. The number of ether oxygens (including phenoxy) is 1. The zero-order valence-corrected chi connectivity index (χ0v) is 14.9. The van der Waals surface area contributed by atoms with Crippen LogP contribution < -0.4 is 4.74 Å². The molecule has 1 aliphatic rings. The third-order valence-corrected chi connectivity index (χ3v) is 4.66. The van der Waals surface area contributed by atoms with Crippen LogP contribution in [-0.2, 0) is 15.0 Å². The molecule has 1 amide bonds. The van der Waals surface area contributed by atoms with E-state index in [2.05, 4.69) is 20.8 Å². The van der Waals surface area contributed by atoms with Crippen molar-refractivity contribution in [3.8, 4) is 5.75 Å². The molecule has 0 spiro atoms. The zero-order chi connectivity index (χ0) is 19.8. The molecule has 1 aliphatic heterocycles. The molecule has 0 bridgehead atoms. The number of likely N-dealkylation sites (tertiary alicyclic amines) is 1. The van der Waals surface area contributed by atoms with Crippen molar-refractivity contribution in [1.29, 1.82) is 0 Å². The van der Waals surface area contributed by atoms with Crippen LogP contribution in [0.25, 0.3) is 0 Å². The molecule has 1 N–H and O–H groups in total. The van der Waals surface area contributed by atoms with Gasteiger partial charge in [0, 0.05) is 13.1 Å². The minimum Gasteiger partial charge on any atom is -0.484 e. The summed E-state index contributed by atoms with van der Waals surface area (Å²) >= 11 is 0. The van der Waals surface area contributed by atoms with E-state index in [4.69, 9.17) is 9.84 Å². The number of carboxylic acid groups (broad SMARTS) is 1. The average molecular weight is 373 g/mol. The van der Waals surface area contributed by atoms with Crippen molar-refractivity contribution in [2.45, 2.75) is 38.8 Å². The Morgan fingerprint density at radius 1 is 1.19 bits per heavy atom. The third kappa shape index (κ3) is 3.94. The van der Waals surface area contributed by atoms with Gasteiger partial charge in [-0.3, -0.25) is 9.59 Å². The molecule has 1 saturated heterocycles. The highest BCUT2D eigenvalue weighted by molar-refractivity contribution is 5.82. The van der Waals surface area contributed by atoms with E-state index in [9.17, 15) is 22.8 Å². The van der Waals surface area contributed by atoms with Gasteiger partial charge in [-0.05, 0) is 29.5 Å². The number of halogens is 3. The second-order valence-electron chi connectivity index (χ2n) is 7.51. The first kappa shape index (κ1) is 20.1. The molecule has 1 aromatic carbocycles. The van der Waals surface area contributed by atoms with Crippen LogP contribution in [-0.4, -0.2) is 47.8 Å². The van der Waals surface area contributed by atoms with Gasteiger partial charge in [0.2, 0.25) is 0 Å². The lowest BCUT2D eigenvalue weighted by Gasteiger charge is -2.27. The van der Waals surface area contributed by atoms with Gasteiger partial charge >= 0.3 is 12.1 Å². The number of benzene rings is 1. The second kappa shape index (κ2) is 6.81. The Morgan fingerprint density at radius 3 is 2.19 bits per heavy atom. The molecular formula is C18H22F3NO4. The first-order valence-corrected chi connectivity index (χ1v) is 8.18. The summed E-state index contributed by atoms with van der Waals surface area (Å²) in [5, 5.41) is 9.01. The van der Waals surface area contributed by atoms with Crippen LogP contribution in [0.2, 0.25) is 0 Å². The summed E-state index contributed by atoms with van der Waals surface area (Å²) in [6, 6.07) is 7.09. The fourth-order valence-electron chi connectivity index (χ4n) is 2.84. The predicted molar refractivity (Wildman–Crippen MR) is 88.0 cm³/mol. The van der Waals surface area contributed by atoms with Gasteiger partial charge in [-0.2, -0.15) is 13.2 Å². The van der Waals surface area contributed by atoms with E-state index >= 15 is 0 Å². The summed E-state index contributed by atoms with van der Waals surface area (Å²) in [4.78, 5) is 24.2. The summed E-state index contributed by atoms with van der Waals surface area (Å²) in [6.07, 6.45) is -5.57. The van der Waals surface area contributed by atoms with Crippen LogP contribution >= 0.6 is 0 Å². The Labute approximate surface area is 149 Å². The number of hydrogen-bond donors (Lipinski definition) is 1. The summed E-state index contributed by atoms with van der Waals surface area (Å²) < 4.78 is 44.8. The number of amides is 1. The maximum atomic E-state index is 13.1. The zero-order valence-electron chi connectivity index (χ0n) is 14.9. The maximum Gasteiger partial charge on any atom is 0.406 e. The molecule has 1 aromatic rings. The SMILES string of the molecule is CC(C)(C)c1ccc(OCC(=O)N2CCC(C(=O)O)(C(F)(F)F)C2)cc1. The third-order valence-electron chi connectivity index (χ3n) is 4.66. The van der Waals surface area contributed by atoms with Crippen LogP contribution in [0.3, 0.4) is 0 Å². The molecule has 0 radical (unpaired) electrons. The van der Waals surface area contributed by atoms with Crippen molar-refractivity contribution in [1.82, 2.24) is 4.90 Å². The normalized spacial score (nSPS) is 20.9. The number of rotatable bonds is 4. The van der Waals surface area contributed by atoms with Gasteiger partial charge in [-0.15, -0.1) is 0 Å². The van der Waals surface area contributed by atoms with Crippen molar-refractivity contribution in [2.75, 3.05) is 19.7 Å². The highest BCUT2D eigenvalue weighted by Gasteiger charge is 2.64. The standard InChI is InChI=1S/C18H22F3NO4/c1-16(2,3)12-4-6-13(7-5-12)26-10-14(23)22-9-8-17(11-22,15(24)25)18(19,20)21/h4-7H,8-11H2,1-3H3,(H,24,25). The van der Waals surface area contributed by atoms with Gasteiger partial charge in [-0.25, -0.2) is 0 Å². The van der Waals surface area contributed by atoms with Gasteiger partial charge in [0.1, 0.15) is 5.75 Å². The Hall–Kier alpha value is -2.25. The number of alkyl halides is 3. The number of carbonyl (C=O) groups is 2. The molecule has 0 saturated carbocycles. The molecular weight excluding hydrogens is 351 g/mol. The molecule has 26 heavy (non-hydrogen) atoms. The molecule has 1 heterocycles. The molecule has 0 aliphatic carbocycles. The van der Waals surface area contributed by atoms with E-state index in [1.165, 1.54) is 0 Å². The maximum absolute atomic E-state index is 13.1. The van der Waals surface area contributed by atoms with Gasteiger partial charge in [-0.1, -0.05) is 32.9 Å². The molecule has 2 rings (SSSR count). The molecule has 0 aromatic heterocycles. The first-order chi connectivity index (χ1) is 11.9. The van der Waals surface area contributed by atoms with E-state index < -0.39 is 43.0 Å². The van der Waals surface area contributed by atoms with Gasteiger partial charge in [0.15, 0.2) is 12.0 Å². The number of nitrogens with zero attached hydrogens (tertiary/aromatic N) is 1. The molecule has 1 unspecified atom stereocenters. The summed E-state index contributed by atoms with van der Waals surface area (Å²) in [6.45, 7) is 4.55. The monoisotopic (exact) mass is 373 g/mol. The van der Waals surface area contributed by atoms with Crippen LogP contribution in [0.4, 0.5) is 13.2 Å². The highest BCUT2D eigenvalue weighted by atomic mass is 19.4. The Kier molecular flexibility index (Phi) is 5.26. The molecule has 8 heteroatoms. The second-order valence-corrected chi connectivity index (χ2v) is 7.51. The fraction of sp³-hybridized carbons (Fsp3) is 0.556. The Balaban J connectivity index is 1.98. The van der Waals surface area contributed by atoms with Crippen molar-refractivity contribution in [2.24, 2.45) is 5.41 Å². The van der Waals surface area contributed by atoms with Crippen LogP contribution in [0, 0.1) is 5.41 Å². The van der Waals surface area contributed by atoms with E-state index in [1.807, 2.05) is 12.1 Å². The summed E-state index contributed by atoms with van der Waals surface area (Å²) in [7, 11) is 0. The smallest absolute Gasteiger partial charge is 0.406 e. The highest BCUT2D eigenvalue weighted by Crippen LogP contribution is 2.45. The van der Waals surface area contributed by atoms with E-state index in [1.54, 1.807) is 12.1 Å². The van der Waals surface area contributed by atoms with Crippen molar-refractivity contribution in [3.63, 3.8) is 0 Å². The number of aliphatic carboxylic acids is 1. The number of carbonyl (C=O) groups excluding carboxylic acids is 1. The quantitative estimate of drug-likeness (QED) is 0.880. The van der Waals surface area contributed by atoms with Gasteiger partial charge in [0.05, 0.1) is 0 Å². The minimum absolute atomic E-state index is 0.0400. The Bertz CT molecular complexity index is 679. The first-order valence-electron chi connectivity index (χ1n) is 8.18. The van der Waals surface area contributed by atoms with E-state index in [0.717, 1.165) is 10.5 Å². The van der Waals surface area contributed by atoms with Gasteiger partial charge < -0.3 is 14.7 Å². The number of carboxylic acids is 1. The molecule has 5 nitrogen and oxygen atoms in total.